The molecule has 1 amide bonds. The summed E-state index contributed by atoms with van der Waals surface area (Å²) in [5.74, 6) is 0.833. The molecule has 6 heteroatoms. The molecule has 1 aliphatic carbocycles. The van der Waals surface area contributed by atoms with Gasteiger partial charge in [0.15, 0.2) is 0 Å². The van der Waals surface area contributed by atoms with Crippen molar-refractivity contribution >= 4 is 23.2 Å². The number of piperazine rings is 1. The maximum absolute atomic E-state index is 12.8. The molecule has 1 aliphatic heterocycles. The summed E-state index contributed by atoms with van der Waals surface area (Å²) in [4.78, 5) is 25.6. The van der Waals surface area contributed by atoms with Crippen LogP contribution in [0.2, 0.25) is 0 Å². The lowest BCUT2D eigenvalue weighted by molar-refractivity contribution is -0.133. The molecule has 0 spiro atoms. The van der Waals surface area contributed by atoms with Gasteiger partial charge in [0.1, 0.15) is 5.52 Å². The average Bonchev–Trinajstić information content (AvgIpc) is 3.39. The van der Waals surface area contributed by atoms with Crippen LogP contribution in [0.3, 0.4) is 0 Å². The number of carbonyl (C=O) groups is 1. The second-order valence-electron chi connectivity index (χ2n) is 7.00. The zero-order valence-corrected chi connectivity index (χ0v) is 14.4. The van der Waals surface area contributed by atoms with Crippen LogP contribution < -0.4 is 4.90 Å². The fourth-order valence-electron chi connectivity index (χ4n) is 3.78. The summed E-state index contributed by atoms with van der Waals surface area (Å²) in [6.07, 6.45) is 2.67. The predicted octanol–water partition coefficient (Wildman–Crippen LogP) is 2.68. The Morgan fingerprint density at radius 1 is 1.04 bits per heavy atom. The molecule has 6 nitrogen and oxygen atoms in total. The standard InChI is InChI=1S/C20H20N4O2/c25-19(16-13-15(16)14-5-2-1-3-6-14)23-9-11-24(12-10-23)20-22-17-7-4-8-21-18(17)26-20/h1-8,15-16H,9-13H2/t15-,16-/m1/s1. The first-order valence-corrected chi connectivity index (χ1v) is 9.10. The van der Waals surface area contributed by atoms with Gasteiger partial charge in [-0.05, 0) is 30.0 Å². The molecule has 5 rings (SSSR count). The van der Waals surface area contributed by atoms with Gasteiger partial charge < -0.3 is 14.2 Å². The number of rotatable bonds is 3. The van der Waals surface area contributed by atoms with E-state index in [1.54, 1.807) is 6.20 Å². The van der Waals surface area contributed by atoms with Crippen molar-refractivity contribution in [1.82, 2.24) is 14.9 Å². The molecule has 26 heavy (non-hydrogen) atoms. The van der Waals surface area contributed by atoms with E-state index in [1.807, 2.05) is 35.2 Å². The average molecular weight is 348 g/mol. The van der Waals surface area contributed by atoms with Gasteiger partial charge in [-0.2, -0.15) is 4.98 Å². The van der Waals surface area contributed by atoms with Gasteiger partial charge in [-0.1, -0.05) is 30.3 Å². The molecule has 3 heterocycles. The first kappa shape index (κ1) is 15.4. The van der Waals surface area contributed by atoms with Crippen molar-refractivity contribution in [1.29, 1.82) is 0 Å². The number of hydrogen-bond donors (Lipinski definition) is 0. The lowest BCUT2D eigenvalue weighted by Gasteiger charge is -2.34. The normalized spacial score (nSPS) is 22.6. The van der Waals surface area contributed by atoms with Gasteiger partial charge in [-0.25, -0.2) is 4.98 Å². The molecule has 1 saturated carbocycles. The minimum absolute atomic E-state index is 0.150. The van der Waals surface area contributed by atoms with Gasteiger partial charge in [-0.15, -0.1) is 0 Å². The van der Waals surface area contributed by atoms with Gasteiger partial charge in [0.2, 0.25) is 11.6 Å². The van der Waals surface area contributed by atoms with Crippen LogP contribution in [0.5, 0.6) is 0 Å². The summed E-state index contributed by atoms with van der Waals surface area (Å²) < 4.78 is 5.74. The third-order valence-electron chi connectivity index (χ3n) is 5.35. The SMILES string of the molecule is O=C([C@@H]1C[C@@H]1c1ccccc1)N1CCN(c2nc3cccnc3o2)CC1. The van der Waals surface area contributed by atoms with Crippen LogP contribution in [-0.4, -0.2) is 47.0 Å². The van der Waals surface area contributed by atoms with E-state index in [0.717, 1.165) is 25.0 Å². The molecule has 3 aromatic rings. The molecular weight excluding hydrogens is 328 g/mol. The van der Waals surface area contributed by atoms with Gasteiger partial charge in [0.05, 0.1) is 0 Å². The maximum atomic E-state index is 12.8. The number of pyridine rings is 1. The molecular formula is C20H20N4O2. The number of aromatic nitrogens is 2. The van der Waals surface area contributed by atoms with Crippen molar-refractivity contribution in [2.75, 3.05) is 31.1 Å². The smallest absolute Gasteiger partial charge is 0.299 e. The van der Waals surface area contributed by atoms with E-state index in [4.69, 9.17) is 4.42 Å². The fourth-order valence-corrected chi connectivity index (χ4v) is 3.78. The molecule has 0 N–H and O–H groups in total. The lowest BCUT2D eigenvalue weighted by atomic mass is 10.1. The van der Waals surface area contributed by atoms with Crippen molar-refractivity contribution in [2.24, 2.45) is 5.92 Å². The first-order chi connectivity index (χ1) is 12.8. The Kier molecular flexibility index (Phi) is 3.62. The Labute approximate surface area is 151 Å². The van der Waals surface area contributed by atoms with Crippen LogP contribution in [0.1, 0.15) is 17.9 Å². The van der Waals surface area contributed by atoms with Crippen molar-refractivity contribution in [2.45, 2.75) is 12.3 Å². The third-order valence-corrected chi connectivity index (χ3v) is 5.35. The van der Waals surface area contributed by atoms with E-state index in [9.17, 15) is 4.79 Å². The Balaban J connectivity index is 1.21. The number of carbonyl (C=O) groups excluding carboxylic acids is 1. The van der Waals surface area contributed by atoms with Gasteiger partial charge in [0, 0.05) is 38.3 Å². The zero-order chi connectivity index (χ0) is 17.5. The second-order valence-corrected chi connectivity index (χ2v) is 7.00. The Morgan fingerprint density at radius 3 is 2.62 bits per heavy atom. The summed E-state index contributed by atoms with van der Waals surface area (Å²) in [6, 6.07) is 14.7. The molecule has 0 unspecified atom stereocenters. The highest BCUT2D eigenvalue weighted by Gasteiger charge is 2.46. The molecule has 2 aliphatic rings. The molecule has 2 fully saturated rings. The third kappa shape index (κ3) is 2.71. The highest BCUT2D eigenvalue weighted by Crippen LogP contribution is 2.48. The number of fused-ring (bicyclic) bond motifs is 1. The van der Waals surface area contributed by atoms with Crippen molar-refractivity contribution in [3.8, 4) is 0 Å². The summed E-state index contributed by atoms with van der Waals surface area (Å²) in [5.41, 5.74) is 2.61. The van der Waals surface area contributed by atoms with E-state index >= 15 is 0 Å². The number of benzene rings is 1. The van der Waals surface area contributed by atoms with Gasteiger partial charge in [0.25, 0.3) is 6.01 Å². The van der Waals surface area contributed by atoms with Crippen LogP contribution in [0.25, 0.3) is 11.2 Å². The highest BCUT2D eigenvalue weighted by molar-refractivity contribution is 5.83. The van der Waals surface area contributed by atoms with Gasteiger partial charge >= 0.3 is 0 Å². The number of oxazole rings is 1. The molecule has 132 valence electrons. The topological polar surface area (TPSA) is 62.5 Å². The largest absolute Gasteiger partial charge is 0.404 e. The molecule has 0 radical (unpaired) electrons. The number of amides is 1. The second kappa shape index (κ2) is 6.12. The maximum Gasteiger partial charge on any atom is 0.299 e. The van der Waals surface area contributed by atoms with Crippen molar-refractivity contribution < 1.29 is 9.21 Å². The van der Waals surface area contributed by atoms with Crippen LogP contribution in [0, 0.1) is 5.92 Å². The van der Waals surface area contributed by atoms with Crippen LogP contribution in [0.4, 0.5) is 6.01 Å². The summed E-state index contributed by atoms with van der Waals surface area (Å²) >= 11 is 0. The predicted molar refractivity (Wildman–Crippen MR) is 97.9 cm³/mol. The van der Waals surface area contributed by atoms with Crippen molar-refractivity contribution in [3.05, 3.63) is 54.2 Å². The minimum atomic E-state index is 0.150. The van der Waals surface area contributed by atoms with E-state index in [-0.39, 0.29) is 11.8 Å². The summed E-state index contributed by atoms with van der Waals surface area (Å²) in [5, 5.41) is 0. The fraction of sp³-hybridized carbons (Fsp3) is 0.350. The number of nitrogens with zero attached hydrogens (tertiary/aromatic N) is 4. The van der Waals surface area contributed by atoms with Gasteiger partial charge in [-0.3, -0.25) is 4.79 Å². The molecule has 2 aromatic heterocycles. The minimum Gasteiger partial charge on any atom is -0.404 e. The van der Waals surface area contributed by atoms with Crippen molar-refractivity contribution in [3.63, 3.8) is 0 Å². The number of hydrogen-bond acceptors (Lipinski definition) is 5. The van der Waals surface area contributed by atoms with E-state index < -0.39 is 0 Å². The molecule has 1 aromatic carbocycles. The Bertz CT molecular complexity index is 898. The summed E-state index contributed by atoms with van der Waals surface area (Å²) in [7, 11) is 0. The van der Waals surface area contributed by atoms with E-state index in [2.05, 4.69) is 27.0 Å². The van der Waals surface area contributed by atoms with Crippen LogP contribution >= 0.6 is 0 Å². The monoisotopic (exact) mass is 348 g/mol. The van der Waals surface area contributed by atoms with E-state index in [0.29, 0.717) is 30.7 Å². The first-order valence-electron chi connectivity index (χ1n) is 9.10. The van der Waals surface area contributed by atoms with E-state index in [1.165, 1.54) is 5.56 Å². The lowest BCUT2D eigenvalue weighted by Crippen LogP contribution is -2.49. The molecule has 2 atom stereocenters. The van der Waals surface area contributed by atoms with Crippen LogP contribution in [-0.2, 0) is 4.79 Å². The number of anilines is 1. The summed E-state index contributed by atoms with van der Waals surface area (Å²) in [6.45, 7) is 2.90. The molecule has 0 bridgehead atoms. The van der Waals surface area contributed by atoms with Crippen LogP contribution in [0.15, 0.2) is 53.1 Å². The quantitative estimate of drug-likeness (QED) is 0.728. The Hall–Kier alpha value is -2.89. The molecule has 1 saturated heterocycles. The zero-order valence-electron chi connectivity index (χ0n) is 14.4. The highest BCUT2D eigenvalue weighted by atomic mass is 16.4. The Morgan fingerprint density at radius 2 is 1.85 bits per heavy atom.